The fraction of sp³-hybridized carbons (Fsp3) is 0.542. The molecule has 1 aliphatic rings. The van der Waals surface area contributed by atoms with Gasteiger partial charge in [-0.2, -0.15) is 0 Å². The zero-order valence-electron chi connectivity index (χ0n) is 19.6. The maximum absolute atomic E-state index is 12.9. The molecule has 1 saturated heterocycles. The number of aryl methyl sites for hydroxylation is 2. The Morgan fingerprint density at radius 1 is 1.19 bits per heavy atom. The quantitative estimate of drug-likeness (QED) is 0.538. The Bertz CT molecular complexity index is 1180. The Hall–Kier alpha value is -2.71. The molecule has 0 aliphatic carbocycles. The molecule has 2 atom stereocenters. The molecule has 8 nitrogen and oxygen atoms in total. The van der Waals surface area contributed by atoms with E-state index in [2.05, 4.69) is 59.0 Å². The zero-order valence-corrected chi connectivity index (χ0v) is 19.6. The summed E-state index contributed by atoms with van der Waals surface area (Å²) in [5, 5.41) is 0. The Balaban J connectivity index is 1.40. The lowest BCUT2D eigenvalue weighted by atomic mass is 10.1. The third-order valence-corrected chi connectivity index (χ3v) is 6.98. The standard InChI is InChI=1S/C24H34N6O2/c1-5-28(20-12-15-29(16-20)18(2)19-10-7-6-8-11-19)13-9-14-30-23(31)21-22(25-17-26(21)3)27(4)24(30)32/h6-8,10-11,17-18,20H,5,9,12-16H2,1-4H3. The van der Waals surface area contributed by atoms with E-state index in [4.69, 9.17) is 0 Å². The van der Waals surface area contributed by atoms with Crippen molar-refractivity contribution < 1.29 is 0 Å². The molecule has 172 valence electrons. The molecule has 1 aliphatic heterocycles. The van der Waals surface area contributed by atoms with Crippen LogP contribution in [-0.4, -0.2) is 60.7 Å². The molecule has 4 rings (SSSR count). The highest BCUT2D eigenvalue weighted by Gasteiger charge is 2.30. The highest BCUT2D eigenvalue weighted by Crippen LogP contribution is 2.26. The lowest BCUT2D eigenvalue weighted by Crippen LogP contribution is -2.42. The second-order valence-electron chi connectivity index (χ2n) is 8.83. The van der Waals surface area contributed by atoms with Crippen LogP contribution in [0.2, 0.25) is 0 Å². The van der Waals surface area contributed by atoms with E-state index in [1.807, 2.05) is 0 Å². The van der Waals surface area contributed by atoms with Crippen LogP contribution < -0.4 is 11.2 Å². The maximum Gasteiger partial charge on any atom is 0.332 e. The van der Waals surface area contributed by atoms with Gasteiger partial charge in [0.05, 0.1) is 6.33 Å². The lowest BCUT2D eigenvalue weighted by Gasteiger charge is -2.29. The maximum atomic E-state index is 12.9. The second kappa shape index (κ2) is 9.42. The van der Waals surface area contributed by atoms with Crippen LogP contribution in [-0.2, 0) is 20.6 Å². The second-order valence-corrected chi connectivity index (χ2v) is 8.83. The van der Waals surface area contributed by atoms with Gasteiger partial charge in [0.2, 0.25) is 0 Å². The van der Waals surface area contributed by atoms with Gasteiger partial charge in [0, 0.05) is 52.4 Å². The minimum absolute atomic E-state index is 0.255. The van der Waals surface area contributed by atoms with Crippen LogP contribution in [0.5, 0.6) is 0 Å². The van der Waals surface area contributed by atoms with Crippen molar-refractivity contribution >= 4 is 11.2 Å². The number of hydrogen-bond acceptors (Lipinski definition) is 5. The smallest absolute Gasteiger partial charge is 0.328 e. The van der Waals surface area contributed by atoms with Crippen molar-refractivity contribution in [3.8, 4) is 0 Å². The normalized spacial score (nSPS) is 18.1. The van der Waals surface area contributed by atoms with Crippen LogP contribution in [0.15, 0.2) is 46.2 Å². The minimum Gasteiger partial charge on any atom is -0.328 e. The summed E-state index contributed by atoms with van der Waals surface area (Å²) in [6.07, 6.45) is 3.49. The number of aromatic nitrogens is 4. The van der Waals surface area contributed by atoms with Crippen LogP contribution >= 0.6 is 0 Å². The minimum atomic E-state index is -0.298. The van der Waals surface area contributed by atoms with E-state index in [9.17, 15) is 9.59 Å². The van der Waals surface area contributed by atoms with E-state index in [0.717, 1.165) is 39.0 Å². The Labute approximate surface area is 188 Å². The first-order chi connectivity index (χ1) is 15.4. The summed E-state index contributed by atoms with van der Waals surface area (Å²) in [5.74, 6) is 0. The highest BCUT2D eigenvalue weighted by atomic mass is 16.2. The molecule has 0 bridgehead atoms. The fourth-order valence-corrected chi connectivity index (χ4v) is 4.98. The molecule has 3 heterocycles. The zero-order chi connectivity index (χ0) is 22.8. The van der Waals surface area contributed by atoms with Gasteiger partial charge >= 0.3 is 5.69 Å². The molecule has 1 fully saturated rings. The largest absolute Gasteiger partial charge is 0.332 e. The number of likely N-dealkylation sites (tertiary alicyclic amines) is 1. The van der Waals surface area contributed by atoms with Gasteiger partial charge in [0.1, 0.15) is 0 Å². The van der Waals surface area contributed by atoms with Crippen molar-refractivity contribution in [3.63, 3.8) is 0 Å². The third kappa shape index (κ3) is 4.17. The van der Waals surface area contributed by atoms with Crippen LogP contribution in [0.3, 0.4) is 0 Å². The molecule has 2 unspecified atom stereocenters. The molecule has 3 aromatic rings. The van der Waals surface area contributed by atoms with Crippen molar-refractivity contribution in [1.29, 1.82) is 0 Å². The van der Waals surface area contributed by atoms with E-state index < -0.39 is 0 Å². The first-order valence-corrected chi connectivity index (χ1v) is 11.6. The number of likely N-dealkylation sites (N-methyl/N-ethyl adjacent to an activating group) is 1. The summed E-state index contributed by atoms with van der Waals surface area (Å²) < 4.78 is 4.51. The highest BCUT2D eigenvalue weighted by molar-refractivity contribution is 5.69. The molecular formula is C24H34N6O2. The van der Waals surface area contributed by atoms with Gasteiger partial charge in [-0.25, -0.2) is 9.78 Å². The predicted molar refractivity (Wildman–Crippen MR) is 127 cm³/mol. The molecule has 0 N–H and O–H groups in total. The topological polar surface area (TPSA) is 68.3 Å². The van der Waals surface area contributed by atoms with Crippen molar-refractivity contribution in [1.82, 2.24) is 28.5 Å². The van der Waals surface area contributed by atoms with Gasteiger partial charge in [0.25, 0.3) is 5.56 Å². The summed E-state index contributed by atoms with van der Waals surface area (Å²) in [6, 6.07) is 11.6. The summed E-state index contributed by atoms with van der Waals surface area (Å²) in [7, 11) is 3.46. The summed E-state index contributed by atoms with van der Waals surface area (Å²) in [5.41, 5.74) is 1.72. The van der Waals surface area contributed by atoms with E-state index >= 15 is 0 Å². The number of benzene rings is 1. The first-order valence-electron chi connectivity index (χ1n) is 11.6. The van der Waals surface area contributed by atoms with E-state index in [0.29, 0.717) is 29.8 Å². The summed E-state index contributed by atoms with van der Waals surface area (Å²) in [4.78, 5) is 34.9. The number of hydrogen-bond donors (Lipinski definition) is 0. The SMILES string of the molecule is CCN(CCCn1c(=O)c2c(ncn2C)n(C)c1=O)C1CCN(C(C)c2ccccc2)C1. The van der Waals surface area contributed by atoms with Gasteiger partial charge in [0.15, 0.2) is 11.2 Å². The fourth-order valence-electron chi connectivity index (χ4n) is 4.98. The van der Waals surface area contributed by atoms with Crippen LogP contribution in [0.25, 0.3) is 11.2 Å². The van der Waals surface area contributed by atoms with Gasteiger partial charge in [-0.05, 0) is 31.9 Å². The molecule has 0 spiro atoms. The molecular weight excluding hydrogens is 404 g/mol. The van der Waals surface area contributed by atoms with Crippen LogP contribution in [0, 0.1) is 0 Å². The monoisotopic (exact) mass is 438 g/mol. The molecule has 1 aromatic carbocycles. The van der Waals surface area contributed by atoms with Crippen molar-refractivity contribution in [2.75, 3.05) is 26.2 Å². The van der Waals surface area contributed by atoms with Crippen LogP contribution in [0.1, 0.15) is 38.3 Å². The van der Waals surface area contributed by atoms with E-state index in [1.165, 1.54) is 14.7 Å². The Morgan fingerprint density at radius 2 is 1.94 bits per heavy atom. The number of nitrogens with zero attached hydrogens (tertiary/aromatic N) is 6. The Morgan fingerprint density at radius 3 is 2.66 bits per heavy atom. The van der Waals surface area contributed by atoms with Gasteiger partial charge < -0.3 is 4.57 Å². The third-order valence-electron chi connectivity index (χ3n) is 6.98. The average molecular weight is 439 g/mol. The Kier molecular flexibility index (Phi) is 6.62. The van der Waals surface area contributed by atoms with Crippen molar-refractivity contribution in [2.24, 2.45) is 14.1 Å². The van der Waals surface area contributed by atoms with E-state index in [-0.39, 0.29) is 11.2 Å². The molecule has 2 aromatic heterocycles. The molecule has 0 radical (unpaired) electrons. The molecule has 8 heteroatoms. The molecule has 32 heavy (non-hydrogen) atoms. The van der Waals surface area contributed by atoms with Crippen LogP contribution in [0.4, 0.5) is 0 Å². The van der Waals surface area contributed by atoms with Gasteiger partial charge in [-0.1, -0.05) is 37.3 Å². The number of fused-ring (bicyclic) bond motifs is 1. The summed E-state index contributed by atoms with van der Waals surface area (Å²) in [6.45, 7) is 8.86. The number of imidazole rings is 1. The molecule has 0 amide bonds. The first kappa shape index (κ1) is 22.5. The lowest BCUT2D eigenvalue weighted by molar-refractivity contribution is 0.182. The number of rotatable bonds is 8. The van der Waals surface area contributed by atoms with Crippen molar-refractivity contribution in [3.05, 3.63) is 63.1 Å². The molecule has 0 saturated carbocycles. The predicted octanol–water partition coefficient (Wildman–Crippen LogP) is 1.98. The average Bonchev–Trinajstić information content (AvgIpc) is 3.45. The van der Waals surface area contributed by atoms with E-state index in [1.54, 1.807) is 25.0 Å². The van der Waals surface area contributed by atoms with Gasteiger partial charge in [-0.3, -0.25) is 23.7 Å². The van der Waals surface area contributed by atoms with Crippen molar-refractivity contribution in [2.45, 2.75) is 45.3 Å². The van der Waals surface area contributed by atoms with Gasteiger partial charge in [-0.15, -0.1) is 0 Å². The summed E-state index contributed by atoms with van der Waals surface area (Å²) >= 11 is 0.